The van der Waals surface area contributed by atoms with Crippen molar-refractivity contribution < 1.29 is 9.53 Å². The number of hydrogen-bond donors (Lipinski definition) is 0. The highest BCUT2D eigenvalue weighted by Gasteiger charge is 2.24. The minimum Gasteiger partial charge on any atom is -0.380 e. The number of amides is 1. The molecule has 4 nitrogen and oxygen atoms in total. The summed E-state index contributed by atoms with van der Waals surface area (Å²) in [5.74, 6) is 0.0836. The maximum absolute atomic E-state index is 12.8. The maximum Gasteiger partial charge on any atom is 0.253 e. The highest BCUT2D eigenvalue weighted by molar-refractivity contribution is 5.95. The second-order valence-corrected chi connectivity index (χ2v) is 6.02. The minimum atomic E-state index is 0.0836. The first-order valence-electron chi connectivity index (χ1n) is 8.02. The topological polar surface area (TPSA) is 42.4 Å². The lowest BCUT2D eigenvalue weighted by Crippen LogP contribution is -2.42. The fourth-order valence-electron chi connectivity index (χ4n) is 3.11. The van der Waals surface area contributed by atoms with Gasteiger partial charge in [0.05, 0.1) is 6.10 Å². The van der Waals surface area contributed by atoms with Gasteiger partial charge in [0.25, 0.3) is 5.91 Å². The molecule has 1 atom stereocenters. The van der Waals surface area contributed by atoms with Crippen LogP contribution in [0.1, 0.15) is 28.8 Å². The molecule has 0 aliphatic carbocycles. The van der Waals surface area contributed by atoms with E-state index < -0.39 is 0 Å². The molecule has 0 saturated carbocycles. The number of aryl methyl sites for hydroxylation is 1. The molecule has 0 bridgehead atoms. The van der Waals surface area contributed by atoms with Crippen LogP contribution in [0.4, 0.5) is 0 Å². The number of carbonyl (C=O) groups excluding carboxylic acids is 1. The molecule has 1 unspecified atom stereocenters. The van der Waals surface area contributed by atoms with Crippen molar-refractivity contribution in [3.63, 3.8) is 0 Å². The molecule has 1 aliphatic heterocycles. The minimum absolute atomic E-state index is 0.0836. The summed E-state index contributed by atoms with van der Waals surface area (Å²) in [5, 5.41) is 0. The molecule has 0 radical (unpaired) electrons. The first kappa shape index (κ1) is 15.7. The summed E-state index contributed by atoms with van der Waals surface area (Å²) >= 11 is 0. The Kier molecular flexibility index (Phi) is 4.72. The van der Waals surface area contributed by atoms with Crippen LogP contribution in [-0.4, -0.2) is 42.1 Å². The molecule has 3 rings (SSSR count). The summed E-state index contributed by atoms with van der Waals surface area (Å²) in [6.45, 7) is 3.51. The molecule has 1 fully saturated rings. The number of rotatable bonds is 3. The zero-order valence-electron chi connectivity index (χ0n) is 13.7. The molecule has 2 aromatic rings. The predicted octanol–water partition coefficient (Wildman–Crippen LogP) is 3.31. The summed E-state index contributed by atoms with van der Waals surface area (Å²) in [7, 11) is 1.71. The van der Waals surface area contributed by atoms with Crippen molar-refractivity contribution in [2.75, 3.05) is 20.2 Å². The number of methoxy groups -OCH3 is 1. The fraction of sp³-hybridized carbons (Fsp3) is 0.368. The van der Waals surface area contributed by atoms with Gasteiger partial charge in [0.15, 0.2) is 0 Å². The molecule has 1 aliphatic rings. The zero-order valence-corrected chi connectivity index (χ0v) is 13.7. The zero-order chi connectivity index (χ0) is 16.2. The molecule has 23 heavy (non-hydrogen) atoms. The van der Waals surface area contributed by atoms with Crippen LogP contribution in [0.2, 0.25) is 0 Å². The van der Waals surface area contributed by atoms with E-state index in [0.717, 1.165) is 41.6 Å². The van der Waals surface area contributed by atoms with Gasteiger partial charge in [-0.25, -0.2) is 0 Å². The van der Waals surface area contributed by atoms with E-state index in [1.165, 1.54) is 0 Å². The lowest BCUT2D eigenvalue weighted by atomic mass is 9.99. The Morgan fingerprint density at radius 1 is 1.35 bits per heavy atom. The predicted molar refractivity (Wildman–Crippen MR) is 90.3 cm³/mol. The molecule has 2 heterocycles. The van der Waals surface area contributed by atoms with Crippen LogP contribution >= 0.6 is 0 Å². The van der Waals surface area contributed by atoms with Gasteiger partial charge in [-0.3, -0.25) is 9.78 Å². The van der Waals surface area contributed by atoms with Gasteiger partial charge < -0.3 is 9.64 Å². The number of hydrogen-bond acceptors (Lipinski definition) is 3. The SMILES string of the molecule is COC1CCCN(C(=O)c2cccc(-c3ccncc3C)c2)C1. The van der Waals surface area contributed by atoms with Gasteiger partial charge in [-0.05, 0) is 54.7 Å². The number of carbonyl (C=O) groups is 1. The Labute approximate surface area is 137 Å². The Bertz CT molecular complexity index is 699. The van der Waals surface area contributed by atoms with Gasteiger partial charge in [-0.2, -0.15) is 0 Å². The van der Waals surface area contributed by atoms with E-state index in [9.17, 15) is 4.79 Å². The van der Waals surface area contributed by atoms with Gasteiger partial charge in [-0.1, -0.05) is 12.1 Å². The van der Waals surface area contributed by atoms with Crippen LogP contribution in [0.25, 0.3) is 11.1 Å². The molecule has 0 N–H and O–H groups in total. The third-order valence-corrected chi connectivity index (χ3v) is 4.44. The number of nitrogens with zero attached hydrogens (tertiary/aromatic N) is 2. The highest BCUT2D eigenvalue weighted by atomic mass is 16.5. The largest absolute Gasteiger partial charge is 0.380 e. The molecule has 0 spiro atoms. The third-order valence-electron chi connectivity index (χ3n) is 4.44. The molecule has 1 aromatic carbocycles. The Hall–Kier alpha value is -2.20. The van der Waals surface area contributed by atoms with Crippen molar-refractivity contribution in [1.82, 2.24) is 9.88 Å². The van der Waals surface area contributed by atoms with E-state index in [1.54, 1.807) is 13.3 Å². The highest BCUT2D eigenvalue weighted by Crippen LogP contribution is 2.24. The normalized spacial score (nSPS) is 18.0. The molecule has 1 saturated heterocycles. The smallest absolute Gasteiger partial charge is 0.253 e. The van der Waals surface area contributed by atoms with Crippen LogP contribution < -0.4 is 0 Å². The monoisotopic (exact) mass is 310 g/mol. The van der Waals surface area contributed by atoms with Gasteiger partial charge in [0, 0.05) is 38.2 Å². The van der Waals surface area contributed by atoms with Crippen LogP contribution in [0, 0.1) is 6.92 Å². The molecule has 120 valence electrons. The molecule has 1 amide bonds. The second kappa shape index (κ2) is 6.92. The average Bonchev–Trinajstić information content (AvgIpc) is 2.61. The standard InChI is InChI=1S/C19H22N2O2/c1-14-12-20-9-8-18(14)15-5-3-6-16(11-15)19(22)21-10-4-7-17(13-21)23-2/h3,5-6,8-9,11-12,17H,4,7,10,13H2,1-2H3. The van der Waals surface area contributed by atoms with Crippen molar-refractivity contribution in [3.05, 3.63) is 53.9 Å². The number of ether oxygens (including phenoxy) is 1. The van der Waals surface area contributed by atoms with Crippen molar-refractivity contribution >= 4 is 5.91 Å². The summed E-state index contributed by atoms with van der Waals surface area (Å²) in [5.41, 5.74) is 4.00. The number of likely N-dealkylation sites (tertiary alicyclic amines) is 1. The quantitative estimate of drug-likeness (QED) is 0.873. The van der Waals surface area contributed by atoms with E-state index >= 15 is 0 Å². The lowest BCUT2D eigenvalue weighted by molar-refractivity contribution is 0.0269. The van der Waals surface area contributed by atoms with E-state index in [0.29, 0.717) is 6.54 Å². The summed E-state index contributed by atoms with van der Waals surface area (Å²) in [6.07, 6.45) is 5.80. The fourth-order valence-corrected chi connectivity index (χ4v) is 3.11. The first-order valence-corrected chi connectivity index (χ1v) is 8.02. The second-order valence-electron chi connectivity index (χ2n) is 6.02. The first-order chi connectivity index (χ1) is 11.2. The molecular weight excluding hydrogens is 288 g/mol. The number of pyridine rings is 1. The summed E-state index contributed by atoms with van der Waals surface area (Å²) in [6, 6.07) is 9.83. The van der Waals surface area contributed by atoms with Gasteiger partial charge in [-0.15, -0.1) is 0 Å². The van der Waals surface area contributed by atoms with E-state index in [1.807, 2.05) is 48.4 Å². The van der Waals surface area contributed by atoms with Crippen molar-refractivity contribution in [2.24, 2.45) is 0 Å². The van der Waals surface area contributed by atoms with Crippen LogP contribution in [0.15, 0.2) is 42.7 Å². The van der Waals surface area contributed by atoms with Crippen molar-refractivity contribution in [1.29, 1.82) is 0 Å². The number of piperidine rings is 1. The van der Waals surface area contributed by atoms with Crippen molar-refractivity contribution in [2.45, 2.75) is 25.9 Å². The number of aromatic nitrogens is 1. The van der Waals surface area contributed by atoms with Gasteiger partial charge >= 0.3 is 0 Å². The van der Waals surface area contributed by atoms with Crippen molar-refractivity contribution in [3.8, 4) is 11.1 Å². The van der Waals surface area contributed by atoms with Crippen LogP contribution in [0.3, 0.4) is 0 Å². The van der Waals surface area contributed by atoms with E-state index in [4.69, 9.17) is 4.74 Å². The average molecular weight is 310 g/mol. The molecule has 1 aromatic heterocycles. The Balaban J connectivity index is 1.85. The Morgan fingerprint density at radius 3 is 3.00 bits per heavy atom. The summed E-state index contributed by atoms with van der Waals surface area (Å²) < 4.78 is 5.42. The third kappa shape index (κ3) is 3.42. The molecule has 4 heteroatoms. The van der Waals surface area contributed by atoms with Gasteiger partial charge in [0.2, 0.25) is 0 Å². The van der Waals surface area contributed by atoms with Crippen LogP contribution in [-0.2, 0) is 4.74 Å². The van der Waals surface area contributed by atoms with Gasteiger partial charge in [0.1, 0.15) is 0 Å². The van der Waals surface area contributed by atoms with E-state index in [2.05, 4.69) is 4.98 Å². The Morgan fingerprint density at radius 2 is 2.22 bits per heavy atom. The summed E-state index contributed by atoms with van der Waals surface area (Å²) in [4.78, 5) is 18.8. The number of benzene rings is 1. The van der Waals surface area contributed by atoms with E-state index in [-0.39, 0.29) is 12.0 Å². The maximum atomic E-state index is 12.8. The van der Waals surface area contributed by atoms with Crippen LogP contribution in [0.5, 0.6) is 0 Å². The molecular formula is C19H22N2O2. The lowest BCUT2D eigenvalue weighted by Gasteiger charge is -2.32.